The highest BCUT2D eigenvalue weighted by Crippen LogP contribution is 2.32. The van der Waals surface area contributed by atoms with Crippen molar-refractivity contribution in [3.63, 3.8) is 0 Å². The summed E-state index contributed by atoms with van der Waals surface area (Å²) in [7, 11) is 0. The topological polar surface area (TPSA) is 74.0 Å². The van der Waals surface area contributed by atoms with E-state index in [0.29, 0.717) is 10.2 Å². The summed E-state index contributed by atoms with van der Waals surface area (Å²) in [4.78, 5) is 4.90. The first-order chi connectivity index (χ1) is 8.58. The van der Waals surface area contributed by atoms with Crippen LogP contribution >= 0.6 is 22.9 Å². The highest BCUT2D eigenvalue weighted by atomic mass is 35.5. The molecule has 0 aliphatic rings. The summed E-state index contributed by atoms with van der Waals surface area (Å²) in [5.41, 5.74) is 6.49. The van der Waals surface area contributed by atoms with Crippen molar-refractivity contribution in [2.45, 2.75) is 6.04 Å². The fourth-order valence-corrected chi connectivity index (χ4v) is 3.25. The normalized spacial score (nSPS) is 14.4. The molecule has 0 amide bonds. The summed E-state index contributed by atoms with van der Waals surface area (Å²) in [5, 5.41) is 1.10. The van der Waals surface area contributed by atoms with E-state index in [9.17, 15) is 4.55 Å². The molecule has 96 valence electrons. The van der Waals surface area contributed by atoms with Crippen molar-refractivity contribution in [3.05, 3.63) is 45.9 Å². The summed E-state index contributed by atoms with van der Waals surface area (Å²) >= 11 is 6.36. The molecule has 0 bridgehead atoms. The molecule has 1 heterocycles. The summed E-state index contributed by atoms with van der Waals surface area (Å²) in [6, 6.07) is 7.17. The molecule has 0 radical (unpaired) electrons. The predicted molar refractivity (Wildman–Crippen MR) is 77.0 cm³/mol. The van der Waals surface area contributed by atoms with Crippen LogP contribution in [0.25, 0.3) is 0 Å². The van der Waals surface area contributed by atoms with Crippen molar-refractivity contribution in [1.82, 2.24) is 9.71 Å². The number of benzene rings is 1. The highest BCUT2D eigenvalue weighted by Gasteiger charge is 2.22. The van der Waals surface area contributed by atoms with Crippen LogP contribution in [0.1, 0.15) is 16.5 Å². The monoisotopic (exact) mass is 301 g/mol. The average Bonchev–Trinajstić information content (AvgIpc) is 2.73. The largest absolute Gasteiger partial charge is 0.598 e. The molecule has 0 aliphatic carbocycles. The van der Waals surface area contributed by atoms with Gasteiger partial charge in [-0.2, -0.15) is 0 Å². The van der Waals surface area contributed by atoms with Gasteiger partial charge in [-0.25, -0.2) is 4.98 Å². The predicted octanol–water partition coefficient (Wildman–Crippen LogP) is 2.35. The van der Waals surface area contributed by atoms with Gasteiger partial charge >= 0.3 is 0 Å². The number of halogens is 1. The Bertz CT molecular complexity index is 533. The van der Waals surface area contributed by atoms with Crippen LogP contribution in [-0.2, 0) is 11.4 Å². The molecule has 1 aromatic heterocycles. The molecule has 2 rings (SSSR count). The number of thiazole rings is 1. The molecule has 2 atom stereocenters. The molecule has 0 saturated carbocycles. The van der Waals surface area contributed by atoms with Crippen molar-refractivity contribution in [2.24, 2.45) is 0 Å². The smallest absolute Gasteiger partial charge is 0.180 e. The van der Waals surface area contributed by atoms with Crippen molar-refractivity contribution in [3.8, 4) is 0 Å². The highest BCUT2D eigenvalue weighted by molar-refractivity contribution is 7.88. The second-order valence-corrected chi connectivity index (χ2v) is 6.27. The number of nitrogens with zero attached hydrogens (tertiary/aromatic N) is 1. The van der Waals surface area contributed by atoms with Gasteiger partial charge in [0.1, 0.15) is 12.3 Å². The van der Waals surface area contributed by atoms with Crippen molar-refractivity contribution in [2.75, 3.05) is 12.0 Å². The molecule has 0 fully saturated rings. The third-order valence-corrected chi connectivity index (χ3v) is 4.13. The first-order valence-electron chi connectivity index (χ1n) is 5.13. The van der Waals surface area contributed by atoms with Crippen LogP contribution in [0.5, 0.6) is 0 Å². The summed E-state index contributed by atoms with van der Waals surface area (Å²) in [5.74, 6) is 0. The number of nitrogens with two attached hydrogens (primary N) is 1. The zero-order valence-electron chi connectivity index (χ0n) is 9.59. The number of aromatic nitrogens is 1. The zero-order chi connectivity index (χ0) is 13.1. The number of hydrogen-bond acceptors (Lipinski definition) is 5. The first-order valence-corrected chi connectivity index (χ1v) is 7.88. The third kappa shape index (κ3) is 3.15. The fraction of sp³-hybridized carbons (Fsp3) is 0.182. The minimum absolute atomic E-state index is 0.265. The van der Waals surface area contributed by atoms with Crippen LogP contribution in [0.3, 0.4) is 0 Å². The summed E-state index contributed by atoms with van der Waals surface area (Å²) in [6.07, 6.45) is 3.25. The second kappa shape index (κ2) is 5.90. The SMILES string of the molecule is C[S+]([O-])N[C@@H](c1cnc(N)s1)c1ccccc1Cl. The molecule has 1 unspecified atom stereocenters. The van der Waals surface area contributed by atoms with Gasteiger partial charge in [0.05, 0.1) is 4.88 Å². The molecule has 7 heteroatoms. The van der Waals surface area contributed by atoms with Crippen LogP contribution in [0.4, 0.5) is 5.13 Å². The molecular formula is C11H12ClN3OS2. The van der Waals surface area contributed by atoms with E-state index >= 15 is 0 Å². The van der Waals surface area contributed by atoms with Crippen molar-refractivity contribution < 1.29 is 4.55 Å². The lowest BCUT2D eigenvalue weighted by Crippen LogP contribution is -2.27. The van der Waals surface area contributed by atoms with Gasteiger partial charge in [-0.1, -0.05) is 29.8 Å². The quantitative estimate of drug-likeness (QED) is 0.850. The van der Waals surface area contributed by atoms with E-state index in [4.69, 9.17) is 17.3 Å². The lowest BCUT2D eigenvalue weighted by Gasteiger charge is -2.18. The van der Waals surface area contributed by atoms with Gasteiger partial charge < -0.3 is 10.3 Å². The minimum atomic E-state index is -1.17. The molecule has 0 saturated heterocycles. The van der Waals surface area contributed by atoms with E-state index in [1.165, 1.54) is 11.3 Å². The Kier molecular flexibility index (Phi) is 4.47. The Labute approximate surface area is 118 Å². The van der Waals surface area contributed by atoms with Crippen molar-refractivity contribution in [1.29, 1.82) is 0 Å². The van der Waals surface area contributed by atoms with Crippen LogP contribution in [-0.4, -0.2) is 15.8 Å². The van der Waals surface area contributed by atoms with Crippen LogP contribution in [0, 0.1) is 0 Å². The number of anilines is 1. The summed E-state index contributed by atoms with van der Waals surface area (Å²) in [6.45, 7) is 0. The molecule has 2 aromatic rings. The molecular weight excluding hydrogens is 290 g/mol. The molecule has 4 nitrogen and oxygen atoms in total. The van der Waals surface area contributed by atoms with Gasteiger partial charge in [-0.15, -0.1) is 16.1 Å². The molecule has 0 aliphatic heterocycles. The molecule has 3 N–H and O–H groups in total. The van der Waals surface area contributed by atoms with Gasteiger partial charge in [0.15, 0.2) is 5.13 Å². The van der Waals surface area contributed by atoms with Gasteiger partial charge in [0.25, 0.3) is 0 Å². The van der Waals surface area contributed by atoms with Gasteiger partial charge in [0, 0.05) is 22.6 Å². The minimum Gasteiger partial charge on any atom is -0.598 e. The van der Waals surface area contributed by atoms with Gasteiger partial charge in [0.2, 0.25) is 0 Å². The van der Waals surface area contributed by atoms with E-state index in [1.54, 1.807) is 18.5 Å². The first kappa shape index (κ1) is 13.6. The van der Waals surface area contributed by atoms with E-state index in [0.717, 1.165) is 10.4 Å². The van der Waals surface area contributed by atoms with Gasteiger partial charge in [-0.3, -0.25) is 0 Å². The van der Waals surface area contributed by atoms with Crippen molar-refractivity contribution >= 4 is 39.4 Å². The maximum absolute atomic E-state index is 11.4. The number of rotatable bonds is 4. The van der Waals surface area contributed by atoms with E-state index in [1.807, 2.05) is 18.2 Å². The number of hydrogen-bond donors (Lipinski definition) is 2. The Morgan fingerprint density at radius 3 is 2.78 bits per heavy atom. The Balaban J connectivity index is 2.40. The van der Waals surface area contributed by atoms with Crippen LogP contribution in [0.15, 0.2) is 30.5 Å². The lowest BCUT2D eigenvalue weighted by molar-refractivity contribution is 0.578. The third-order valence-electron chi connectivity index (χ3n) is 2.33. The Morgan fingerprint density at radius 2 is 2.22 bits per heavy atom. The van der Waals surface area contributed by atoms with E-state index in [-0.39, 0.29) is 6.04 Å². The van der Waals surface area contributed by atoms with E-state index < -0.39 is 11.4 Å². The Morgan fingerprint density at radius 1 is 1.50 bits per heavy atom. The lowest BCUT2D eigenvalue weighted by atomic mass is 10.1. The molecule has 1 aromatic carbocycles. The standard InChI is InChI=1S/C11H12ClN3OS2/c1-18(16)15-10(9-6-14-11(13)17-9)7-4-2-3-5-8(7)12/h2-6,10,15H,1H3,(H2,13,14)/t10-,18?/m1/s1. The number of nitrogens with one attached hydrogen (secondary N) is 1. The fourth-order valence-electron chi connectivity index (χ4n) is 1.58. The van der Waals surface area contributed by atoms with E-state index in [2.05, 4.69) is 9.71 Å². The Hall–Kier alpha value is -0.790. The van der Waals surface area contributed by atoms with Gasteiger partial charge in [-0.05, 0) is 11.6 Å². The van der Waals surface area contributed by atoms with Crippen LogP contribution < -0.4 is 10.5 Å². The average molecular weight is 302 g/mol. The number of nitrogen functional groups attached to an aromatic ring is 1. The summed E-state index contributed by atoms with van der Waals surface area (Å²) < 4.78 is 14.4. The maximum atomic E-state index is 11.4. The molecule has 18 heavy (non-hydrogen) atoms. The maximum Gasteiger partial charge on any atom is 0.180 e. The second-order valence-electron chi connectivity index (χ2n) is 3.63. The zero-order valence-corrected chi connectivity index (χ0v) is 12.0. The molecule has 0 spiro atoms. The van der Waals surface area contributed by atoms with Crippen LogP contribution in [0.2, 0.25) is 5.02 Å².